The van der Waals surface area contributed by atoms with Gasteiger partial charge >= 0.3 is 0 Å². The lowest BCUT2D eigenvalue weighted by molar-refractivity contribution is -0.118. The van der Waals surface area contributed by atoms with Crippen molar-refractivity contribution in [2.24, 2.45) is 5.73 Å². The quantitative estimate of drug-likeness (QED) is 0.551. The molecule has 154 valence electrons. The predicted octanol–water partition coefficient (Wildman–Crippen LogP) is 2.20. The minimum absolute atomic E-state index is 0.0954. The van der Waals surface area contributed by atoms with Crippen molar-refractivity contribution in [3.8, 4) is 17.2 Å². The number of primary amides is 1. The van der Waals surface area contributed by atoms with Crippen molar-refractivity contribution in [3.63, 3.8) is 0 Å². The fraction of sp³-hybridized carbons (Fsp3) is 0.143. The number of aromatic nitrogens is 2. The first-order valence-corrected chi connectivity index (χ1v) is 8.95. The Hall–Kier alpha value is -4.14. The molecule has 9 heteroatoms. The van der Waals surface area contributed by atoms with E-state index in [2.05, 4.69) is 10.4 Å². The van der Waals surface area contributed by atoms with E-state index in [1.54, 1.807) is 48.7 Å². The van der Waals surface area contributed by atoms with Crippen LogP contribution < -0.4 is 20.5 Å². The van der Waals surface area contributed by atoms with E-state index in [1.165, 1.54) is 24.8 Å². The number of Topliss-reactive ketones (excluding diaryl/α,β-unsaturated/α-hetero) is 1. The second-order valence-electron chi connectivity index (χ2n) is 6.32. The van der Waals surface area contributed by atoms with Crippen LogP contribution in [0.4, 0.5) is 5.69 Å². The lowest BCUT2D eigenvalue weighted by atomic mass is 10.1. The molecule has 0 unspecified atom stereocenters. The number of nitrogens with one attached hydrogen (secondary N) is 1. The molecule has 0 saturated carbocycles. The number of carbonyl (C=O) groups is 3. The van der Waals surface area contributed by atoms with Crippen molar-refractivity contribution >= 4 is 23.3 Å². The Kier molecular flexibility index (Phi) is 6.11. The maximum atomic E-state index is 12.2. The maximum Gasteiger partial charge on any atom is 0.269 e. The summed E-state index contributed by atoms with van der Waals surface area (Å²) >= 11 is 0. The number of anilines is 1. The number of benzene rings is 2. The third-order valence-electron chi connectivity index (χ3n) is 4.19. The number of ether oxygens (including phenoxy) is 2. The van der Waals surface area contributed by atoms with E-state index >= 15 is 0 Å². The molecule has 9 nitrogen and oxygen atoms in total. The van der Waals surface area contributed by atoms with Gasteiger partial charge < -0.3 is 20.5 Å². The van der Waals surface area contributed by atoms with E-state index in [1.807, 2.05) is 0 Å². The molecule has 0 bridgehead atoms. The van der Waals surface area contributed by atoms with E-state index in [-0.39, 0.29) is 24.0 Å². The topological polar surface area (TPSA) is 126 Å². The van der Waals surface area contributed by atoms with Crippen molar-refractivity contribution in [1.82, 2.24) is 9.78 Å². The highest BCUT2D eigenvalue weighted by Gasteiger charge is 2.11. The average Bonchev–Trinajstić information content (AvgIpc) is 3.23. The summed E-state index contributed by atoms with van der Waals surface area (Å²) in [4.78, 5) is 34.8. The van der Waals surface area contributed by atoms with Gasteiger partial charge in [-0.3, -0.25) is 14.4 Å². The first-order valence-electron chi connectivity index (χ1n) is 8.95. The Bertz CT molecular complexity index is 1090. The number of methoxy groups -OCH3 is 1. The molecule has 0 aliphatic carbocycles. The molecule has 3 N–H and O–H groups in total. The number of ketones is 1. The molecular formula is C21H20N4O5. The average molecular weight is 408 g/mol. The fourth-order valence-electron chi connectivity index (χ4n) is 2.64. The van der Waals surface area contributed by atoms with E-state index in [9.17, 15) is 14.4 Å². The van der Waals surface area contributed by atoms with Gasteiger partial charge in [0.2, 0.25) is 0 Å². The van der Waals surface area contributed by atoms with Crippen molar-refractivity contribution in [2.45, 2.75) is 6.92 Å². The minimum Gasteiger partial charge on any atom is -0.493 e. The van der Waals surface area contributed by atoms with Gasteiger partial charge in [0, 0.05) is 17.4 Å². The number of nitrogens with two attached hydrogens (primary N) is 1. The standard InChI is InChI=1S/C21H20N4O5/c1-13(26)14-3-8-18(19(11-14)29-2)30-12-20(27)23-15-4-6-16(7-5-15)25-10-9-17(24-25)21(22)28/h3-11H,12H2,1-2H3,(H2,22,28)(H,23,27). The van der Waals surface area contributed by atoms with Crippen molar-refractivity contribution in [3.05, 3.63) is 66.0 Å². The molecule has 1 aromatic heterocycles. The van der Waals surface area contributed by atoms with E-state index < -0.39 is 5.91 Å². The highest BCUT2D eigenvalue weighted by atomic mass is 16.5. The first-order chi connectivity index (χ1) is 14.4. The van der Waals surface area contributed by atoms with Gasteiger partial charge in [0.1, 0.15) is 5.69 Å². The molecule has 1 heterocycles. The van der Waals surface area contributed by atoms with E-state index in [0.29, 0.717) is 28.4 Å². The Morgan fingerprint density at radius 1 is 1.07 bits per heavy atom. The molecule has 0 fully saturated rings. The molecule has 2 amide bonds. The second-order valence-corrected chi connectivity index (χ2v) is 6.32. The van der Waals surface area contributed by atoms with Gasteiger partial charge in [0.15, 0.2) is 23.9 Å². The van der Waals surface area contributed by atoms with Crippen LogP contribution in [0.25, 0.3) is 5.69 Å². The summed E-state index contributed by atoms with van der Waals surface area (Å²) in [6.45, 7) is 1.22. The first kappa shape index (κ1) is 20.6. The van der Waals surface area contributed by atoms with Crippen LogP contribution in [-0.4, -0.2) is 41.1 Å². The molecule has 0 aliphatic heterocycles. The minimum atomic E-state index is -0.606. The second kappa shape index (κ2) is 8.91. The molecule has 0 saturated heterocycles. The summed E-state index contributed by atoms with van der Waals surface area (Å²) < 4.78 is 12.2. The van der Waals surface area contributed by atoms with Gasteiger partial charge in [-0.05, 0) is 55.5 Å². The van der Waals surface area contributed by atoms with Gasteiger partial charge in [-0.1, -0.05) is 0 Å². The molecule has 0 spiro atoms. The zero-order chi connectivity index (χ0) is 21.7. The van der Waals surface area contributed by atoms with Gasteiger partial charge in [-0.2, -0.15) is 5.10 Å². The van der Waals surface area contributed by atoms with Crippen molar-refractivity contribution < 1.29 is 23.9 Å². The Morgan fingerprint density at radius 3 is 2.40 bits per heavy atom. The summed E-state index contributed by atoms with van der Waals surface area (Å²) in [5.41, 5.74) is 7.11. The van der Waals surface area contributed by atoms with Gasteiger partial charge in [0.05, 0.1) is 12.8 Å². The van der Waals surface area contributed by atoms with Crippen LogP contribution in [0.15, 0.2) is 54.7 Å². The van der Waals surface area contributed by atoms with Gasteiger partial charge in [-0.25, -0.2) is 4.68 Å². The molecule has 0 aliphatic rings. The summed E-state index contributed by atoms with van der Waals surface area (Å²) in [5.74, 6) is -0.339. The monoisotopic (exact) mass is 408 g/mol. The molecule has 0 radical (unpaired) electrons. The van der Waals surface area contributed by atoms with Crippen LogP contribution in [0.2, 0.25) is 0 Å². The van der Waals surface area contributed by atoms with Crippen LogP contribution in [0.5, 0.6) is 11.5 Å². The largest absolute Gasteiger partial charge is 0.493 e. The number of nitrogens with zero attached hydrogens (tertiary/aromatic N) is 2. The van der Waals surface area contributed by atoms with Crippen molar-refractivity contribution in [2.75, 3.05) is 19.0 Å². The summed E-state index contributed by atoms with van der Waals surface area (Å²) in [5, 5.41) is 6.79. The van der Waals surface area contributed by atoms with E-state index in [0.717, 1.165) is 0 Å². The number of amides is 2. The van der Waals surface area contributed by atoms with Crippen LogP contribution in [0, 0.1) is 0 Å². The predicted molar refractivity (Wildman–Crippen MR) is 109 cm³/mol. The third-order valence-corrected chi connectivity index (χ3v) is 4.19. The molecule has 0 atom stereocenters. The molecule has 3 aromatic rings. The van der Waals surface area contributed by atoms with Crippen LogP contribution in [0.3, 0.4) is 0 Å². The lowest BCUT2D eigenvalue weighted by Crippen LogP contribution is -2.20. The zero-order valence-corrected chi connectivity index (χ0v) is 16.4. The number of hydrogen-bond acceptors (Lipinski definition) is 6. The summed E-state index contributed by atoms with van der Waals surface area (Å²) in [6, 6.07) is 13.1. The highest BCUT2D eigenvalue weighted by Crippen LogP contribution is 2.28. The molecule has 30 heavy (non-hydrogen) atoms. The molecule has 3 rings (SSSR count). The maximum absolute atomic E-state index is 12.2. The van der Waals surface area contributed by atoms with Gasteiger partial charge in [-0.15, -0.1) is 0 Å². The van der Waals surface area contributed by atoms with Crippen molar-refractivity contribution in [1.29, 1.82) is 0 Å². The number of carbonyl (C=O) groups excluding carboxylic acids is 3. The Morgan fingerprint density at radius 2 is 1.80 bits per heavy atom. The molecule has 2 aromatic carbocycles. The Labute approximate surface area is 172 Å². The smallest absolute Gasteiger partial charge is 0.269 e. The highest BCUT2D eigenvalue weighted by molar-refractivity contribution is 5.95. The fourth-order valence-corrected chi connectivity index (χ4v) is 2.64. The van der Waals surface area contributed by atoms with E-state index in [4.69, 9.17) is 15.2 Å². The Balaban J connectivity index is 1.60. The van der Waals surface area contributed by atoms with Gasteiger partial charge in [0.25, 0.3) is 11.8 Å². The van der Waals surface area contributed by atoms with Crippen LogP contribution in [0.1, 0.15) is 27.8 Å². The normalized spacial score (nSPS) is 10.3. The summed E-state index contributed by atoms with van der Waals surface area (Å²) in [6.07, 6.45) is 1.62. The molecular weight excluding hydrogens is 388 g/mol. The van der Waals surface area contributed by atoms with Crippen LogP contribution >= 0.6 is 0 Å². The third kappa shape index (κ3) is 4.82. The number of hydrogen-bond donors (Lipinski definition) is 2. The summed E-state index contributed by atoms with van der Waals surface area (Å²) in [7, 11) is 1.46. The lowest BCUT2D eigenvalue weighted by Gasteiger charge is -2.12. The van der Waals surface area contributed by atoms with Crippen LogP contribution in [-0.2, 0) is 4.79 Å². The number of rotatable bonds is 8. The zero-order valence-electron chi connectivity index (χ0n) is 16.4. The SMILES string of the molecule is COc1cc(C(C)=O)ccc1OCC(=O)Nc1ccc(-n2ccc(C(N)=O)n2)cc1.